The van der Waals surface area contributed by atoms with Crippen molar-refractivity contribution in [3.8, 4) is 11.1 Å². The number of aromatic nitrogens is 2. The maximum atomic E-state index is 13.5. The van der Waals surface area contributed by atoms with E-state index in [0.29, 0.717) is 16.4 Å². The number of hydrogen-bond acceptors (Lipinski definition) is 7. The van der Waals surface area contributed by atoms with E-state index in [9.17, 15) is 14.4 Å². The highest BCUT2D eigenvalue weighted by molar-refractivity contribution is 8.00. The van der Waals surface area contributed by atoms with Crippen LogP contribution in [0.1, 0.15) is 20.9 Å². The van der Waals surface area contributed by atoms with Gasteiger partial charge in [0, 0.05) is 16.1 Å². The SMILES string of the molecule is Cc1nnc(NC(=O)CSc2cccc(NC(=O)/C(=C\c3ccc(-c4ccccc4)cc3)NC(=O)c3ccccc3)c2)s1. The molecule has 0 aliphatic carbocycles. The van der Waals surface area contributed by atoms with Gasteiger partial charge in [0.1, 0.15) is 10.7 Å². The van der Waals surface area contributed by atoms with Gasteiger partial charge in [-0.15, -0.1) is 22.0 Å². The second kappa shape index (κ2) is 14.2. The molecule has 1 heterocycles. The maximum Gasteiger partial charge on any atom is 0.272 e. The molecule has 8 nitrogen and oxygen atoms in total. The normalized spacial score (nSPS) is 11.0. The summed E-state index contributed by atoms with van der Waals surface area (Å²) >= 11 is 2.63. The predicted molar refractivity (Wildman–Crippen MR) is 173 cm³/mol. The van der Waals surface area contributed by atoms with Crippen LogP contribution in [0.15, 0.2) is 120 Å². The molecule has 0 saturated heterocycles. The molecule has 3 N–H and O–H groups in total. The van der Waals surface area contributed by atoms with Gasteiger partial charge in [-0.3, -0.25) is 19.7 Å². The summed E-state index contributed by atoms with van der Waals surface area (Å²) in [7, 11) is 0. The number of rotatable bonds is 10. The second-order valence-corrected chi connectivity index (χ2v) is 11.5. The van der Waals surface area contributed by atoms with Gasteiger partial charge >= 0.3 is 0 Å². The van der Waals surface area contributed by atoms with Gasteiger partial charge < -0.3 is 10.6 Å². The minimum absolute atomic E-state index is 0.0890. The topological polar surface area (TPSA) is 113 Å². The van der Waals surface area contributed by atoms with Gasteiger partial charge in [0.15, 0.2) is 0 Å². The number of nitrogens with one attached hydrogen (secondary N) is 3. The van der Waals surface area contributed by atoms with Crippen molar-refractivity contribution in [1.29, 1.82) is 0 Å². The molecule has 5 aromatic rings. The average molecular weight is 606 g/mol. The molecular weight excluding hydrogens is 579 g/mol. The van der Waals surface area contributed by atoms with Crippen molar-refractivity contribution in [1.82, 2.24) is 15.5 Å². The number of nitrogens with zero attached hydrogens (tertiary/aromatic N) is 2. The van der Waals surface area contributed by atoms with Crippen LogP contribution in [0, 0.1) is 6.92 Å². The first-order valence-electron chi connectivity index (χ1n) is 13.3. The largest absolute Gasteiger partial charge is 0.321 e. The van der Waals surface area contributed by atoms with Crippen molar-refractivity contribution in [2.45, 2.75) is 11.8 Å². The molecule has 0 aliphatic heterocycles. The lowest BCUT2D eigenvalue weighted by Gasteiger charge is -2.12. The number of amides is 3. The molecule has 43 heavy (non-hydrogen) atoms. The second-order valence-electron chi connectivity index (χ2n) is 9.31. The minimum atomic E-state index is -0.483. The van der Waals surface area contributed by atoms with E-state index < -0.39 is 11.8 Å². The molecule has 5 rings (SSSR count). The fourth-order valence-electron chi connectivity index (χ4n) is 4.02. The van der Waals surface area contributed by atoms with Gasteiger partial charge in [0.2, 0.25) is 11.0 Å². The highest BCUT2D eigenvalue weighted by Gasteiger charge is 2.16. The first-order valence-corrected chi connectivity index (χ1v) is 15.1. The molecule has 0 bridgehead atoms. The molecule has 1 aromatic heterocycles. The third-order valence-corrected chi connectivity index (χ3v) is 7.84. The highest BCUT2D eigenvalue weighted by Crippen LogP contribution is 2.24. The molecule has 4 aromatic carbocycles. The first kappa shape index (κ1) is 29.4. The number of thioether (sulfide) groups is 1. The maximum absolute atomic E-state index is 13.5. The molecule has 0 fully saturated rings. The van der Waals surface area contributed by atoms with Gasteiger partial charge in [-0.05, 0) is 60.0 Å². The lowest BCUT2D eigenvalue weighted by Crippen LogP contribution is -2.30. The van der Waals surface area contributed by atoms with Gasteiger partial charge in [-0.2, -0.15) is 0 Å². The zero-order valence-electron chi connectivity index (χ0n) is 23.1. The van der Waals surface area contributed by atoms with Crippen molar-refractivity contribution in [3.63, 3.8) is 0 Å². The number of anilines is 2. The van der Waals surface area contributed by atoms with Crippen molar-refractivity contribution in [2.24, 2.45) is 0 Å². The Bertz CT molecular complexity index is 1750. The Morgan fingerprint density at radius 3 is 2.19 bits per heavy atom. The van der Waals surface area contributed by atoms with E-state index in [1.165, 1.54) is 23.1 Å². The van der Waals surface area contributed by atoms with Crippen LogP contribution in [0.4, 0.5) is 10.8 Å². The van der Waals surface area contributed by atoms with Gasteiger partial charge in [-0.1, -0.05) is 90.2 Å². The number of benzene rings is 4. The Hall–Kier alpha value is -5.06. The molecule has 0 saturated carbocycles. The summed E-state index contributed by atoms with van der Waals surface area (Å²) in [5.41, 5.74) is 3.91. The summed E-state index contributed by atoms with van der Waals surface area (Å²) in [5.74, 6) is -0.928. The van der Waals surface area contributed by atoms with Crippen molar-refractivity contribution in [2.75, 3.05) is 16.4 Å². The zero-order valence-corrected chi connectivity index (χ0v) is 24.7. The molecular formula is C33H27N5O3S2. The number of aryl methyl sites for hydroxylation is 1. The van der Waals surface area contributed by atoms with Crippen LogP contribution >= 0.6 is 23.1 Å². The van der Waals surface area contributed by atoms with Crippen LogP contribution < -0.4 is 16.0 Å². The van der Waals surface area contributed by atoms with E-state index in [1.807, 2.05) is 73.7 Å². The van der Waals surface area contributed by atoms with Crippen LogP contribution in [0.3, 0.4) is 0 Å². The quantitative estimate of drug-likeness (QED) is 0.121. The zero-order chi connectivity index (χ0) is 30.0. The predicted octanol–water partition coefficient (Wildman–Crippen LogP) is 6.65. The molecule has 0 unspecified atom stereocenters. The van der Waals surface area contributed by atoms with E-state index in [0.717, 1.165) is 26.6 Å². The van der Waals surface area contributed by atoms with Crippen LogP contribution in [0.5, 0.6) is 0 Å². The standard InChI is InChI=1S/C33H27N5O3S2/c1-22-37-38-33(43-22)36-30(39)21-42-28-14-8-13-27(20-28)34-32(41)29(35-31(40)26-11-6-3-7-12-26)19-23-15-17-25(18-16-23)24-9-4-2-5-10-24/h2-20H,21H2,1H3,(H,34,41)(H,35,40)(H,36,38,39)/b29-19+. The van der Waals surface area contributed by atoms with Crippen LogP contribution in [-0.2, 0) is 9.59 Å². The van der Waals surface area contributed by atoms with Crippen LogP contribution in [0.25, 0.3) is 17.2 Å². The van der Waals surface area contributed by atoms with Crippen LogP contribution in [-0.4, -0.2) is 33.7 Å². The average Bonchev–Trinajstić information content (AvgIpc) is 3.45. The summed E-state index contributed by atoms with van der Waals surface area (Å²) in [6, 6.07) is 33.6. The van der Waals surface area contributed by atoms with E-state index in [2.05, 4.69) is 26.1 Å². The van der Waals surface area contributed by atoms with E-state index in [1.54, 1.807) is 48.5 Å². The fraction of sp³-hybridized carbons (Fsp3) is 0.0606. The summed E-state index contributed by atoms with van der Waals surface area (Å²) in [6.45, 7) is 1.82. The monoisotopic (exact) mass is 605 g/mol. The van der Waals surface area contributed by atoms with Crippen molar-refractivity contribution in [3.05, 3.63) is 131 Å². The lowest BCUT2D eigenvalue weighted by molar-refractivity contribution is -0.114. The summed E-state index contributed by atoms with van der Waals surface area (Å²) < 4.78 is 0. The third-order valence-electron chi connectivity index (χ3n) is 6.09. The van der Waals surface area contributed by atoms with E-state index in [-0.39, 0.29) is 17.4 Å². The minimum Gasteiger partial charge on any atom is -0.321 e. The molecule has 0 spiro atoms. The molecule has 214 valence electrons. The Labute approximate surface area is 257 Å². The molecule has 0 aliphatic rings. The van der Waals surface area contributed by atoms with Gasteiger partial charge in [0.05, 0.1) is 5.75 Å². The lowest BCUT2D eigenvalue weighted by atomic mass is 10.0. The van der Waals surface area contributed by atoms with Crippen molar-refractivity contribution >= 4 is 57.7 Å². The molecule has 0 atom stereocenters. The van der Waals surface area contributed by atoms with Crippen LogP contribution in [0.2, 0.25) is 0 Å². The Morgan fingerprint density at radius 2 is 1.49 bits per heavy atom. The summed E-state index contributed by atoms with van der Waals surface area (Å²) in [4.78, 5) is 39.6. The molecule has 10 heteroatoms. The molecule has 0 radical (unpaired) electrons. The smallest absolute Gasteiger partial charge is 0.272 e. The fourth-order valence-corrected chi connectivity index (χ4v) is 5.39. The van der Waals surface area contributed by atoms with Crippen molar-refractivity contribution < 1.29 is 14.4 Å². The number of carbonyl (C=O) groups excluding carboxylic acids is 3. The van der Waals surface area contributed by atoms with E-state index in [4.69, 9.17) is 0 Å². The highest BCUT2D eigenvalue weighted by atomic mass is 32.2. The summed E-state index contributed by atoms with van der Waals surface area (Å²) in [5, 5.41) is 17.4. The Kier molecular flexibility index (Phi) is 9.73. The van der Waals surface area contributed by atoms with Gasteiger partial charge in [-0.25, -0.2) is 0 Å². The Balaban J connectivity index is 1.30. The van der Waals surface area contributed by atoms with Gasteiger partial charge in [0.25, 0.3) is 11.8 Å². The first-order chi connectivity index (χ1) is 20.9. The molecule has 3 amide bonds. The summed E-state index contributed by atoms with van der Waals surface area (Å²) in [6.07, 6.45) is 1.64. The third kappa shape index (κ3) is 8.48. The Morgan fingerprint density at radius 1 is 0.791 bits per heavy atom. The van der Waals surface area contributed by atoms with E-state index >= 15 is 0 Å². The number of carbonyl (C=O) groups is 3. The number of hydrogen-bond donors (Lipinski definition) is 3.